The first-order valence-corrected chi connectivity index (χ1v) is 13.1. The van der Waals surface area contributed by atoms with E-state index in [2.05, 4.69) is 10.3 Å². The molecular weight excluding hydrogens is 474 g/mol. The zero-order chi connectivity index (χ0) is 25.6. The third-order valence-electron chi connectivity index (χ3n) is 6.33. The molecule has 0 bridgehead atoms. The van der Waals surface area contributed by atoms with Crippen molar-refractivity contribution in [1.29, 1.82) is 0 Å². The summed E-state index contributed by atoms with van der Waals surface area (Å²) >= 11 is 0. The Morgan fingerprint density at radius 3 is 2.86 bits per heavy atom. The van der Waals surface area contributed by atoms with Crippen molar-refractivity contribution in [3.8, 4) is 5.75 Å². The van der Waals surface area contributed by atoms with Crippen molar-refractivity contribution >= 4 is 15.9 Å². The Bertz CT molecular complexity index is 1090. The summed E-state index contributed by atoms with van der Waals surface area (Å²) in [5.74, 6) is 0.152. The van der Waals surface area contributed by atoms with Gasteiger partial charge in [0.2, 0.25) is 15.9 Å². The van der Waals surface area contributed by atoms with Crippen LogP contribution in [0.2, 0.25) is 0 Å². The molecule has 2 aromatic rings. The van der Waals surface area contributed by atoms with Gasteiger partial charge >= 0.3 is 0 Å². The smallest absolute Gasteiger partial charge is 0.243 e. The first kappa shape index (κ1) is 27.1. The number of carbonyl (C=O) groups is 1. The Balaban J connectivity index is 1.87. The summed E-state index contributed by atoms with van der Waals surface area (Å²) < 4.78 is 40.9. The number of fused-ring (bicyclic) bond motifs is 1. The average molecular weight is 510 g/mol. The molecule has 1 aromatic carbocycles. The first-order chi connectivity index (χ1) is 16.7. The van der Waals surface area contributed by atoms with Crippen LogP contribution in [0.1, 0.15) is 32.4 Å². The van der Waals surface area contributed by atoms with Crippen LogP contribution in [0.5, 0.6) is 5.75 Å². The minimum absolute atomic E-state index is 0.0673. The molecule has 0 saturated carbocycles. The molecule has 0 spiro atoms. The van der Waals surface area contributed by atoms with E-state index in [-0.39, 0.29) is 42.5 Å². The van der Waals surface area contributed by atoms with Gasteiger partial charge in [0, 0.05) is 45.1 Å². The number of nitrogens with zero attached hydrogens (tertiary/aromatic N) is 5. The van der Waals surface area contributed by atoms with Crippen LogP contribution >= 0.6 is 0 Å². The molecule has 3 atom stereocenters. The zero-order valence-corrected chi connectivity index (χ0v) is 21.5. The molecule has 0 radical (unpaired) electrons. The van der Waals surface area contributed by atoms with Gasteiger partial charge in [0.05, 0.1) is 49.3 Å². The number of carbonyl (C=O) groups excluding carboxylic acids is 1. The molecule has 12 heteroatoms. The lowest BCUT2D eigenvalue weighted by molar-refractivity contribution is -0.136. The summed E-state index contributed by atoms with van der Waals surface area (Å²) in [6.07, 6.45) is 1.98. The summed E-state index contributed by atoms with van der Waals surface area (Å²) in [5.41, 5.74) is 0.758. The lowest BCUT2D eigenvalue weighted by atomic mass is 10.0. The quantitative estimate of drug-likeness (QED) is 0.589. The molecule has 1 aliphatic rings. The predicted molar refractivity (Wildman–Crippen MR) is 128 cm³/mol. The fraction of sp³-hybridized carbons (Fsp3) is 0.609. The number of aliphatic hydroxyl groups excluding tert-OH is 1. The van der Waals surface area contributed by atoms with E-state index in [1.54, 1.807) is 34.8 Å². The molecule has 0 saturated heterocycles. The molecule has 0 unspecified atom stereocenters. The summed E-state index contributed by atoms with van der Waals surface area (Å²) in [7, 11) is -0.829. The minimum Gasteiger partial charge on any atom is -0.497 e. The Labute approximate surface area is 206 Å². The third kappa shape index (κ3) is 6.57. The number of methoxy groups -OCH3 is 1. The standard InChI is InChI=1S/C23H35N5O6S/c1-17-13-27(18(2)15-29)23(30)9-6-10-28-19(12-24-25-28)16-34-22(17)14-26(3)35(31,32)21-8-5-7-20(11-21)33-4/h5,7-8,11-12,17-18,22,29H,6,9-10,13-16H2,1-4H3/t17-,18-,22-/m1/s1. The number of benzene rings is 1. The molecular formula is C23H35N5O6S. The Kier molecular flexibility index (Phi) is 9.22. The van der Waals surface area contributed by atoms with Crippen molar-refractivity contribution < 1.29 is 27.8 Å². The van der Waals surface area contributed by atoms with Crippen molar-refractivity contribution in [2.75, 3.05) is 33.9 Å². The van der Waals surface area contributed by atoms with Crippen LogP contribution in [-0.4, -0.2) is 89.6 Å². The van der Waals surface area contributed by atoms with Crippen molar-refractivity contribution in [1.82, 2.24) is 24.2 Å². The van der Waals surface area contributed by atoms with Crippen LogP contribution in [0.15, 0.2) is 35.4 Å². The number of aliphatic hydroxyl groups is 1. The fourth-order valence-corrected chi connectivity index (χ4v) is 5.26. The summed E-state index contributed by atoms with van der Waals surface area (Å²) in [6.45, 7) is 4.66. The molecule has 11 nitrogen and oxygen atoms in total. The molecule has 1 aromatic heterocycles. The van der Waals surface area contributed by atoms with Gasteiger partial charge in [0.15, 0.2) is 0 Å². The van der Waals surface area contributed by atoms with Gasteiger partial charge < -0.3 is 19.5 Å². The number of ether oxygens (including phenoxy) is 2. The fourth-order valence-electron chi connectivity index (χ4n) is 4.04. The number of sulfonamides is 1. The number of hydrogen-bond donors (Lipinski definition) is 1. The summed E-state index contributed by atoms with van der Waals surface area (Å²) in [6, 6.07) is 5.94. The van der Waals surface area contributed by atoms with E-state index < -0.39 is 16.1 Å². The van der Waals surface area contributed by atoms with E-state index in [9.17, 15) is 18.3 Å². The van der Waals surface area contributed by atoms with E-state index in [1.807, 2.05) is 6.92 Å². The SMILES string of the molecule is COc1cccc(S(=O)(=O)N(C)C[C@H]2OCc3cnnn3CCCC(=O)N([C@H](C)CO)C[C@H]2C)c1. The molecule has 1 N–H and O–H groups in total. The summed E-state index contributed by atoms with van der Waals surface area (Å²) in [4.78, 5) is 14.7. The molecule has 1 amide bonds. The average Bonchev–Trinajstić information content (AvgIpc) is 3.30. The number of likely N-dealkylation sites (N-methyl/N-ethyl adjacent to an activating group) is 1. The number of aromatic nitrogens is 3. The van der Waals surface area contributed by atoms with Crippen molar-refractivity contribution in [3.63, 3.8) is 0 Å². The highest BCUT2D eigenvalue weighted by Gasteiger charge is 2.31. The van der Waals surface area contributed by atoms with Gasteiger partial charge in [-0.05, 0) is 25.5 Å². The highest BCUT2D eigenvalue weighted by Crippen LogP contribution is 2.23. The van der Waals surface area contributed by atoms with Crippen molar-refractivity contribution in [2.45, 2.75) is 56.9 Å². The number of rotatable bonds is 7. The normalized spacial score (nSPS) is 21.2. The maximum atomic E-state index is 13.3. The Morgan fingerprint density at radius 1 is 1.37 bits per heavy atom. The van der Waals surface area contributed by atoms with Crippen molar-refractivity contribution in [3.05, 3.63) is 36.2 Å². The molecule has 194 valence electrons. The molecule has 0 fully saturated rings. The minimum atomic E-state index is -3.82. The number of amides is 1. The Hall–Kier alpha value is -2.54. The second-order valence-corrected chi connectivity index (χ2v) is 11.0. The topological polar surface area (TPSA) is 127 Å². The van der Waals surface area contributed by atoms with E-state index in [0.717, 1.165) is 5.69 Å². The van der Waals surface area contributed by atoms with Crippen LogP contribution in [0.3, 0.4) is 0 Å². The summed E-state index contributed by atoms with van der Waals surface area (Å²) in [5, 5.41) is 17.8. The van der Waals surface area contributed by atoms with Crippen LogP contribution in [-0.2, 0) is 32.7 Å². The monoisotopic (exact) mass is 509 g/mol. The Morgan fingerprint density at radius 2 is 2.14 bits per heavy atom. The molecule has 2 heterocycles. The van der Waals surface area contributed by atoms with Gasteiger partial charge in [0.25, 0.3) is 0 Å². The van der Waals surface area contributed by atoms with E-state index >= 15 is 0 Å². The van der Waals surface area contributed by atoms with E-state index in [1.165, 1.54) is 30.6 Å². The second kappa shape index (κ2) is 11.9. The zero-order valence-electron chi connectivity index (χ0n) is 20.7. The van der Waals surface area contributed by atoms with Gasteiger partial charge in [-0.25, -0.2) is 13.1 Å². The van der Waals surface area contributed by atoms with Crippen LogP contribution in [0.25, 0.3) is 0 Å². The van der Waals surface area contributed by atoms with Crippen LogP contribution in [0.4, 0.5) is 0 Å². The van der Waals surface area contributed by atoms with E-state index in [4.69, 9.17) is 9.47 Å². The third-order valence-corrected chi connectivity index (χ3v) is 8.15. The largest absolute Gasteiger partial charge is 0.497 e. The van der Waals surface area contributed by atoms with Crippen molar-refractivity contribution in [2.24, 2.45) is 5.92 Å². The predicted octanol–water partition coefficient (Wildman–Crippen LogP) is 1.13. The van der Waals surface area contributed by atoms with Gasteiger partial charge in [-0.2, -0.15) is 4.31 Å². The maximum Gasteiger partial charge on any atom is 0.243 e. The van der Waals surface area contributed by atoms with Gasteiger partial charge in [-0.15, -0.1) is 5.10 Å². The highest BCUT2D eigenvalue weighted by atomic mass is 32.2. The first-order valence-electron chi connectivity index (χ1n) is 11.7. The van der Waals surface area contributed by atoms with Gasteiger partial charge in [-0.1, -0.05) is 18.2 Å². The van der Waals surface area contributed by atoms with Crippen LogP contribution in [0, 0.1) is 5.92 Å². The lowest BCUT2D eigenvalue weighted by Crippen LogP contribution is -2.47. The van der Waals surface area contributed by atoms with Crippen LogP contribution < -0.4 is 4.74 Å². The highest BCUT2D eigenvalue weighted by molar-refractivity contribution is 7.89. The van der Waals surface area contributed by atoms with Gasteiger partial charge in [0.1, 0.15) is 5.75 Å². The second-order valence-electron chi connectivity index (χ2n) is 8.92. The molecule has 35 heavy (non-hydrogen) atoms. The molecule has 3 rings (SSSR count). The number of hydrogen-bond acceptors (Lipinski definition) is 8. The van der Waals surface area contributed by atoms with E-state index in [0.29, 0.717) is 31.7 Å². The maximum absolute atomic E-state index is 13.3. The molecule has 0 aliphatic carbocycles. The number of aryl methyl sites for hydroxylation is 1. The molecule has 1 aliphatic heterocycles. The van der Waals surface area contributed by atoms with Gasteiger partial charge in [-0.3, -0.25) is 4.79 Å². The lowest BCUT2D eigenvalue weighted by Gasteiger charge is -2.35.